The number of piperidine rings is 1. The molecule has 0 spiro atoms. The summed E-state index contributed by atoms with van der Waals surface area (Å²) in [5.41, 5.74) is 0. The zero-order valence-electron chi connectivity index (χ0n) is 6.31. The standard InChI is InChI=1S/C8H15NO/c1-4-8-7(9-5-1)3-2-6-10-8/h7-9H,1-6H2/t7-,8+/m0/s1. The average molecular weight is 141 g/mol. The smallest absolute Gasteiger partial charge is 0.0728 e. The lowest BCUT2D eigenvalue weighted by Gasteiger charge is -2.36. The highest BCUT2D eigenvalue weighted by molar-refractivity contribution is 4.84. The molecule has 0 aromatic heterocycles. The first-order valence-corrected chi connectivity index (χ1v) is 4.32. The van der Waals surface area contributed by atoms with Gasteiger partial charge in [-0.05, 0) is 32.2 Å². The monoisotopic (exact) mass is 141 g/mol. The van der Waals surface area contributed by atoms with Crippen molar-refractivity contribution in [1.82, 2.24) is 5.32 Å². The summed E-state index contributed by atoms with van der Waals surface area (Å²) in [4.78, 5) is 0. The summed E-state index contributed by atoms with van der Waals surface area (Å²) in [5, 5.41) is 3.50. The van der Waals surface area contributed by atoms with Crippen LogP contribution in [0.2, 0.25) is 0 Å². The second-order valence-electron chi connectivity index (χ2n) is 3.25. The van der Waals surface area contributed by atoms with Gasteiger partial charge in [0.05, 0.1) is 6.10 Å². The molecule has 0 amide bonds. The summed E-state index contributed by atoms with van der Waals surface area (Å²) in [5.74, 6) is 0. The van der Waals surface area contributed by atoms with Crippen molar-refractivity contribution in [3.8, 4) is 0 Å². The molecule has 1 N–H and O–H groups in total. The normalized spacial score (nSPS) is 40.8. The Labute approximate surface area is 61.9 Å². The summed E-state index contributed by atoms with van der Waals surface area (Å²) in [6.45, 7) is 2.19. The summed E-state index contributed by atoms with van der Waals surface area (Å²) in [6, 6.07) is 0.683. The van der Waals surface area contributed by atoms with Crippen molar-refractivity contribution in [1.29, 1.82) is 0 Å². The molecule has 2 heteroatoms. The van der Waals surface area contributed by atoms with Gasteiger partial charge in [0.25, 0.3) is 0 Å². The van der Waals surface area contributed by atoms with E-state index in [1.54, 1.807) is 0 Å². The predicted molar refractivity (Wildman–Crippen MR) is 40.0 cm³/mol. The van der Waals surface area contributed by atoms with Crippen LogP contribution in [-0.4, -0.2) is 25.3 Å². The van der Waals surface area contributed by atoms with Crippen LogP contribution in [0.4, 0.5) is 0 Å². The third-order valence-electron chi connectivity index (χ3n) is 2.51. The molecule has 58 valence electrons. The van der Waals surface area contributed by atoms with Gasteiger partial charge in [-0.3, -0.25) is 0 Å². The predicted octanol–water partition coefficient (Wildman–Crippen LogP) is 0.917. The van der Waals surface area contributed by atoms with E-state index in [1.807, 2.05) is 0 Å². The zero-order chi connectivity index (χ0) is 6.81. The number of fused-ring (bicyclic) bond motifs is 1. The van der Waals surface area contributed by atoms with E-state index in [9.17, 15) is 0 Å². The molecule has 2 nitrogen and oxygen atoms in total. The van der Waals surface area contributed by atoms with E-state index < -0.39 is 0 Å². The van der Waals surface area contributed by atoms with E-state index in [2.05, 4.69) is 5.32 Å². The van der Waals surface area contributed by atoms with Crippen LogP contribution < -0.4 is 5.32 Å². The van der Waals surface area contributed by atoms with Gasteiger partial charge in [0.15, 0.2) is 0 Å². The summed E-state index contributed by atoms with van der Waals surface area (Å²) < 4.78 is 5.62. The van der Waals surface area contributed by atoms with Crippen LogP contribution in [0.15, 0.2) is 0 Å². The van der Waals surface area contributed by atoms with Crippen LogP contribution in [0.25, 0.3) is 0 Å². The third kappa shape index (κ3) is 1.18. The van der Waals surface area contributed by atoms with Gasteiger partial charge in [-0.25, -0.2) is 0 Å². The molecule has 2 aliphatic heterocycles. The van der Waals surface area contributed by atoms with Gasteiger partial charge in [0.1, 0.15) is 0 Å². The maximum absolute atomic E-state index is 5.62. The second-order valence-corrected chi connectivity index (χ2v) is 3.25. The van der Waals surface area contributed by atoms with Crippen LogP contribution in [0, 0.1) is 0 Å². The van der Waals surface area contributed by atoms with Crippen LogP contribution in [-0.2, 0) is 4.74 Å². The Hall–Kier alpha value is -0.0800. The van der Waals surface area contributed by atoms with Crippen molar-refractivity contribution in [3.05, 3.63) is 0 Å². The number of hydrogen-bond acceptors (Lipinski definition) is 2. The molecular formula is C8H15NO. The fourth-order valence-electron chi connectivity index (χ4n) is 1.95. The Morgan fingerprint density at radius 2 is 2.20 bits per heavy atom. The maximum atomic E-state index is 5.62. The van der Waals surface area contributed by atoms with Gasteiger partial charge in [0, 0.05) is 12.6 Å². The van der Waals surface area contributed by atoms with Gasteiger partial charge >= 0.3 is 0 Å². The lowest BCUT2D eigenvalue weighted by molar-refractivity contribution is -0.0254. The Bertz CT molecular complexity index is 89.8. The van der Waals surface area contributed by atoms with Crippen molar-refractivity contribution in [3.63, 3.8) is 0 Å². The van der Waals surface area contributed by atoms with Crippen LogP contribution >= 0.6 is 0 Å². The number of rotatable bonds is 0. The fourth-order valence-corrected chi connectivity index (χ4v) is 1.95. The Kier molecular flexibility index (Phi) is 1.91. The maximum Gasteiger partial charge on any atom is 0.0728 e. The summed E-state index contributed by atoms with van der Waals surface area (Å²) in [7, 11) is 0. The molecule has 2 aliphatic rings. The van der Waals surface area contributed by atoms with Crippen molar-refractivity contribution in [2.75, 3.05) is 13.2 Å². The molecule has 2 atom stereocenters. The van der Waals surface area contributed by atoms with E-state index in [1.165, 1.54) is 32.2 Å². The van der Waals surface area contributed by atoms with Gasteiger partial charge in [-0.1, -0.05) is 0 Å². The highest BCUT2D eigenvalue weighted by Gasteiger charge is 2.27. The summed E-state index contributed by atoms with van der Waals surface area (Å²) in [6.07, 6.45) is 5.68. The van der Waals surface area contributed by atoms with E-state index in [-0.39, 0.29) is 0 Å². The number of ether oxygens (including phenoxy) is 1. The minimum absolute atomic E-state index is 0.544. The molecule has 2 rings (SSSR count). The highest BCUT2D eigenvalue weighted by Crippen LogP contribution is 2.20. The van der Waals surface area contributed by atoms with E-state index >= 15 is 0 Å². The first-order valence-electron chi connectivity index (χ1n) is 4.32. The molecule has 0 aromatic carbocycles. The molecule has 0 saturated carbocycles. The Morgan fingerprint density at radius 3 is 3.10 bits per heavy atom. The molecule has 0 bridgehead atoms. The Balaban J connectivity index is 1.93. The third-order valence-corrected chi connectivity index (χ3v) is 2.51. The first-order chi connectivity index (χ1) is 4.97. The highest BCUT2D eigenvalue weighted by atomic mass is 16.5. The number of hydrogen-bond donors (Lipinski definition) is 1. The minimum atomic E-state index is 0.544. The summed E-state index contributed by atoms with van der Waals surface area (Å²) >= 11 is 0. The van der Waals surface area contributed by atoms with Gasteiger partial charge in [0.2, 0.25) is 0 Å². The van der Waals surface area contributed by atoms with Crippen LogP contribution in [0.5, 0.6) is 0 Å². The number of nitrogens with one attached hydrogen (secondary N) is 1. The second kappa shape index (κ2) is 2.89. The van der Waals surface area contributed by atoms with Gasteiger partial charge < -0.3 is 10.1 Å². The van der Waals surface area contributed by atoms with E-state index in [0.717, 1.165) is 6.61 Å². The average Bonchev–Trinajstić information content (AvgIpc) is 2.05. The van der Waals surface area contributed by atoms with Gasteiger partial charge in [-0.2, -0.15) is 0 Å². The van der Waals surface area contributed by atoms with Crippen molar-refractivity contribution in [2.24, 2.45) is 0 Å². The van der Waals surface area contributed by atoms with Crippen LogP contribution in [0.3, 0.4) is 0 Å². The van der Waals surface area contributed by atoms with Gasteiger partial charge in [-0.15, -0.1) is 0 Å². The molecule has 0 aromatic rings. The fraction of sp³-hybridized carbons (Fsp3) is 1.00. The topological polar surface area (TPSA) is 21.3 Å². The molecule has 0 aliphatic carbocycles. The van der Waals surface area contributed by atoms with E-state index in [0.29, 0.717) is 12.1 Å². The molecule has 0 radical (unpaired) electrons. The molecule has 2 heterocycles. The molecular weight excluding hydrogens is 126 g/mol. The van der Waals surface area contributed by atoms with Crippen molar-refractivity contribution < 1.29 is 4.74 Å². The zero-order valence-corrected chi connectivity index (χ0v) is 6.31. The molecule has 10 heavy (non-hydrogen) atoms. The lowest BCUT2D eigenvalue weighted by atomic mass is 9.95. The van der Waals surface area contributed by atoms with E-state index in [4.69, 9.17) is 4.74 Å². The van der Waals surface area contributed by atoms with Crippen LogP contribution in [0.1, 0.15) is 25.7 Å². The SMILES string of the molecule is C1CO[C@@H]2CCCN[C@H]2C1. The first kappa shape index (κ1) is 6.62. The quantitative estimate of drug-likeness (QED) is 0.541. The largest absolute Gasteiger partial charge is 0.377 e. The van der Waals surface area contributed by atoms with Crippen molar-refractivity contribution >= 4 is 0 Å². The minimum Gasteiger partial charge on any atom is -0.377 e. The molecule has 2 fully saturated rings. The van der Waals surface area contributed by atoms with Crippen molar-refractivity contribution in [2.45, 2.75) is 37.8 Å². The molecule has 2 saturated heterocycles. The molecule has 0 unspecified atom stereocenters. The Morgan fingerprint density at radius 1 is 1.20 bits per heavy atom. The lowest BCUT2D eigenvalue weighted by Crippen LogP contribution is -2.48.